The van der Waals surface area contributed by atoms with E-state index in [9.17, 15) is 22.8 Å². The van der Waals surface area contributed by atoms with Crippen LogP contribution in [0.4, 0.5) is 13.2 Å². The van der Waals surface area contributed by atoms with Gasteiger partial charge in [0, 0.05) is 62.4 Å². The lowest BCUT2D eigenvalue weighted by atomic mass is 10.0. The SMILES string of the molecule is CN(CCN(C)C(=O)C(Cc1ccccc1)N(Cc1ccc(-c2ccccn2)cc1)C(=O)C=Cc1ccc(C(F)(F)F)cc1)Cc1ccc(Cl)s1. The third-order valence-corrected chi connectivity index (χ3v) is 9.60. The highest BCUT2D eigenvalue weighted by Crippen LogP contribution is 2.29. The molecule has 0 saturated carbocycles. The summed E-state index contributed by atoms with van der Waals surface area (Å²) in [7, 11) is 3.71. The van der Waals surface area contributed by atoms with Gasteiger partial charge in [-0.2, -0.15) is 13.2 Å². The fourth-order valence-corrected chi connectivity index (χ4v) is 6.70. The summed E-state index contributed by atoms with van der Waals surface area (Å²) in [5.74, 6) is -0.675. The number of alkyl halides is 3. The molecule has 0 bridgehead atoms. The van der Waals surface area contributed by atoms with Gasteiger partial charge in [-0.3, -0.25) is 19.5 Å². The molecular weight excluding hydrogens is 693 g/mol. The lowest BCUT2D eigenvalue weighted by molar-refractivity contribution is -0.143. The number of pyridine rings is 1. The van der Waals surface area contributed by atoms with E-state index in [0.29, 0.717) is 25.2 Å². The molecule has 0 saturated heterocycles. The van der Waals surface area contributed by atoms with Crippen LogP contribution in [0, 0.1) is 0 Å². The van der Waals surface area contributed by atoms with Crippen molar-refractivity contribution in [2.24, 2.45) is 0 Å². The smallest absolute Gasteiger partial charge is 0.343 e. The fraction of sp³-hybridized carbons (Fsp3) is 0.225. The monoisotopic (exact) mass is 730 g/mol. The van der Waals surface area contributed by atoms with E-state index in [-0.39, 0.29) is 18.9 Å². The van der Waals surface area contributed by atoms with Gasteiger partial charge in [-0.25, -0.2) is 0 Å². The molecule has 51 heavy (non-hydrogen) atoms. The van der Waals surface area contributed by atoms with Crippen LogP contribution >= 0.6 is 22.9 Å². The molecule has 2 aromatic heterocycles. The molecule has 1 unspecified atom stereocenters. The molecule has 264 valence electrons. The summed E-state index contributed by atoms with van der Waals surface area (Å²) in [6.07, 6.45) is 0.303. The van der Waals surface area contributed by atoms with Crippen molar-refractivity contribution in [3.63, 3.8) is 0 Å². The zero-order valence-corrected chi connectivity index (χ0v) is 29.8. The molecule has 0 aliphatic carbocycles. The summed E-state index contributed by atoms with van der Waals surface area (Å²) in [5.41, 5.74) is 3.05. The van der Waals surface area contributed by atoms with Crippen LogP contribution in [-0.4, -0.2) is 64.7 Å². The number of nitrogens with zero attached hydrogens (tertiary/aromatic N) is 4. The van der Waals surface area contributed by atoms with Crippen LogP contribution < -0.4 is 0 Å². The Hall–Kier alpha value is -4.77. The van der Waals surface area contributed by atoms with Gasteiger partial charge in [0.2, 0.25) is 11.8 Å². The van der Waals surface area contributed by atoms with Gasteiger partial charge in [-0.15, -0.1) is 11.3 Å². The topological polar surface area (TPSA) is 56.8 Å². The van der Waals surface area contributed by atoms with Crippen LogP contribution in [0.25, 0.3) is 17.3 Å². The van der Waals surface area contributed by atoms with Crippen molar-refractivity contribution >= 4 is 40.8 Å². The average molecular weight is 731 g/mol. The second-order valence-electron chi connectivity index (χ2n) is 12.2. The van der Waals surface area contributed by atoms with Crippen LogP contribution in [0.1, 0.15) is 27.1 Å². The van der Waals surface area contributed by atoms with Gasteiger partial charge in [-0.1, -0.05) is 84.4 Å². The molecule has 2 heterocycles. The van der Waals surface area contributed by atoms with Crippen molar-refractivity contribution in [2.45, 2.75) is 31.7 Å². The van der Waals surface area contributed by atoms with Crippen molar-refractivity contribution in [2.75, 3.05) is 27.2 Å². The molecule has 0 N–H and O–H groups in total. The van der Waals surface area contributed by atoms with E-state index in [2.05, 4.69) is 9.88 Å². The maximum absolute atomic E-state index is 14.4. The Kier molecular flexibility index (Phi) is 12.8. The molecule has 0 aliphatic rings. The average Bonchev–Trinajstić information content (AvgIpc) is 3.55. The van der Waals surface area contributed by atoms with Gasteiger partial charge in [0.15, 0.2) is 0 Å². The second kappa shape index (κ2) is 17.4. The molecule has 0 fully saturated rings. The third kappa shape index (κ3) is 10.9. The van der Waals surface area contributed by atoms with E-state index in [4.69, 9.17) is 11.6 Å². The van der Waals surface area contributed by atoms with Gasteiger partial charge < -0.3 is 9.80 Å². The number of likely N-dealkylation sites (N-methyl/N-ethyl adjacent to an activating group) is 2. The quantitative estimate of drug-likeness (QED) is 0.107. The number of carbonyl (C=O) groups is 2. The van der Waals surface area contributed by atoms with Crippen molar-refractivity contribution in [1.82, 2.24) is 19.7 Å². The standard InChI is InChI=1S/C40H38ClF3N4O2S/c1-46(28-34-20-21-37(41)51-34)24-25-47(2)39(50)36(26-30-8-4-3-5-9-30)48(27-31-11-16-32(17-12-31)35-10-6-7-23-45-35)38(49)22-15-29-13-18-33(19-14-29)40(42,43)44/h3-23,36H,24-28H2,1-2H3. The van der Waals surface area contributed by atoms with Crippen molar-refractivity contribution in [1.29, 1.82) is 0 Å². The number of halogens is 4. The van der Waals surface area contributed by atoms with Gasteiger partial charge in [0.05, 0.1) is 15.6 Å². The van der Waals surface area contributed by atoms with Crippen LogP contribution in [0.2, 0.25) is 4.34 Å². The number of carbonyl (C=O) groups excluding carboxylic acids is 2. The minimum Gasteiger partial charge on any atom is -0.343 e. The van der Waals surface area contributed by atoms with E-state index >= 15 is 0 Å². The third-order valence-electron chi connectivity index (χ3n) is 8.39. The molecule has 5 rings (SSSR count). The van der Waals surface area contributed by atoms with Crippen LogP contribution in [0.5, 0.6) is 0 Å². The van der Waals surface area contributed by atoms with Crippen molar-refractivity contribution in [3.05, 3.63) is 153 Å². The molecule has 5 aromatic rings. The number of rotatable bonds is 14. The summed E-state index contributed by atoms with van der Waals surface area (Å²) in [5, 5.41) is 0. The van der Waals surface area contributed by atoms with Crippen molar-refractivity contribution in [3.8, 4) is 11.3 Å². The number of hydrogen-bond acceptors (Lipinski definition) is 5. The Labute approximate surface area is 305 Å². The fourth-order valence-electron chi connectivity index (χ4n) is 5.53. The van der Waals surface area contributed by atoms with Gasteiger partial charge in [0.25, 0.3) is 0 Å². The second-order valence-corrected chi connectivity index (χ2v) is 14.0. The van der Waals surface area contributed by atoms with E-state index in [1.54, 1.807) is 23.0 Å². The largest absolute Gasteiger partial charge is 0.416 e. The zero-order valence-electron chi connectivity index (χ0n) is 28.3. The van der Waals surface area contributed by atoms with E-state index in [1.807, 2.05) is 92.0 Å². The molecular formula is C40H38ClF3N4O2S. The molecule has 3 aromatic carbocycles. The van der Waals surface area contributed by atoms with Crippen LogP contribution in [0.15, 0.2) is 121 Å². The Balaban J connectivity index is 1.42. The predicted molar refractivity (Wildman–Crippen MR) is 198 cm³/mol. The first-order chi connectivity index (χ1) is 24.5. The maximum Gasteiger partial charge on any atom is 0.416 e. The molecule has 2 amide bonds. The first-order valence-electron chi connectivity index (χ1n) is 16.3. The number of thiophene rings is 1. The normalized spacial score (nSPS) is 12.3. The Morgan fingerprint density at radius 3 is 2.16 bits per heavy atom. The Morgan fingerprint density at radius 1 is 0.824 bits per heavy atom. The van der Waals surface area contributed by atoms with Gasteiger partial charge in [-0.05, 0) is 66.2 Å². The van der Waals surface area contributed by atoms with Crippen LogP contribution in [0.3, 0.4) is 0 Å². The maximum atomic E-state index is 14.4. The van der Waals surface area contributed by atoms with Crippen molar-refractivity contribution < 1.29 is 22.8 Å². The lowest BCUT2D eigenvalue weighted by Gasteiger charge is -2.34. The van der Waals surface area contributed by atoms with Crippen LogP contribution in [-0.2, 0) is 35.3 Å². The summed E-state index contributed by atoms with van der Waals surface area (Å²) in [4.78, 5) is 39.3. The number of hydrogen-bond donors (Lipinski definition) is 0. The molecule has 0 radical (unpaired) electrons. The molecule has 0 spiro atoms. The summed E-state index contributed by atoms with van der Waals surface area (Å²) >= 11 is 7.62. The van der Waals surface area contributed by atoms with Gasteiger partial charge >= 0.3 is 6.18 Å². The van der Waals surface area contributed by atoms with E-state index in [1.165, 1.54) is 35.6 Å². The Morgan fingerprint density at radius 2 is 1.53 bits per heavy atom. The summed E-state index contributed by atoms with van der Waals surface area (Å²) in [6, 6.07) is 30.4. The lowest BCUT2D eigenvalue weighted by Crippen LogP contribution is -2.51. The molecule has 11 heteroatoms. The highest BCUT2D eigenvalue weighted by atomic mass is 35.5. The number of amides is 2. The van der Waals surface area contributed by atoms with E-state index in [0.717, 1.165) is 43.7 Å². The molecule has 1 atom stereocenters. The summed E-state index contributed by atoms with van der Waals surface area (Å²) < 4.78 is 40.2. The minimum atomic E-state index is -4.47. The van der Waals surface area contributed by atoms with E-state index < -0.39 is 23.7 Å². The Bertz CT molecular complexity index is 1900. The zero-order chi connectivity index (χ0) is 36.4. The highest BCUT2D eigenvalue weighted by molar-refractivity contribution is 7.16. The number of aromatic nitrogens is 1. The number of benzene rings is 3. The van der Waals surface area contributed by atoms with Gasteiger partial charge in [0.1, 0.15) is 6.04 Å². The first kappa shape index (κ1) is 37.5. The first-order valence-corrected chi connectivity index (χ1v) is 17.5. The predicted octanol–water partition coefficient (Wildman–Crippen LogP) is 8.73. The molecule has 6 nitrogen and oxygen atoms in total. The highest BCUT2D eigenvalue weighted by Gasteiger charge is 2.32. The minimum absolute atomic E-state index is 0.120. The molecule has 0 aliphatic heterocycles. The summed E-state index contributed by atoms with van der Waals surface area (Å²) in [6.45, 7) is 1.81.